The maximum Gasteiger partial charge on any atom is 0.268 e. The standard InChI is InChI=1S/C10H12ClN3O/c11-8-3-1-7(2-4-8)6-14-10(15)9(13)5-12/h1-5H,6,12-13H2,(H,14,15)/b9-5+. The molecule has 1 amide bonds. The van der Waals surface area contributed by atoms with E-state index in [9.17, 15) is 4.79 Å². The van der Waals surface area contributed by atoms with Crippen LogP contribution in [0.1, 0.15) is 5.56 Å². The summed E-state index contributed by atoms with van der Waals surface area (Å²) in [6.07, 6.45) is 1.07. The first-order valence-electron chi connectivity index (χ1n) is 4.33. The molecule has 15 heavy (non-hydrogen) atoms. The van der Waals surface area contributed by atoms with Gasteiger partial charge in [-0.15, -0.1) is 0 Å². The average molecular weight is 226 g/mol. The summed E-state index contributed by atoms with van der Waals surface area (Å²) in [5, 5.41) is 3.27. The fourth-order valence-corrected chi connectivity index (χ4v) is 1.09. The van der Waals surface area contributed by atoms with Crippen molar-refractivity contribution in [1.82, 2.24) is 5.32 Å². The Hall–Kier alpha value is -1.68. The van der Waals surface area contributed by atoms with Gasteiger partial charge in [0.05, 0.1) is 0 Å². The molecule has 0 spiro atoms. The first kappa shape index (κ1) is 11.4. The third-order valence-electron chi connectivity index (χ3n) is 1.81. The van der Waals surface area contributed by atoms with E-state index in [1.54, 1.807) is 12.1 Å². The Kier molecular flexibility index (Phi) is 4.00. The van der Waals surface area contributed by atoms with Crippen LogP contribution in [0.25, 0.3) is 0 Å². The minimum atomic E-state index is -0.382. The summed E-state index contributed by atoms with van der Waals surface area (Å²) >= 11 is 5.71. The second-order valence-corrected chi connectivity index (χ2v) is 3.37. The predicted molar refractivity (Wildman–Crippen MR) is 59.8 cm³/mol. The van der Waals surface area contributed by atoms with Gasteiger partial charge in [-0.25, -0.2) is 0 Å². The van der Waals surface area contributed by atoms with Crippen LogP contribution < -0.4 is 16.8 Å². The molecule has 5 heteroatoms. The monoisotopic (exact) mass is 225 g/mol. The van der Waals surface area contributed by atoms with Gasteiger partial charge >= 0.3 is 0 Å². The van der Waals surface area contributed by atoms with Gasteiger partial charge in [0.2, 0.25) is 0 Å². The summed E-state index contributed by atoms with van der Waals surface area (Å²) in [5.41, 5.74) is 11.4. The van der Waals surface area contributed by atoms with E-state index in [2.05, 4.69) is 5.32 Å². The van der Waals surface area contributed by atoms with Crippen molar-refractivity contribution in [3.63, 3.8) is 0 Å². The minimum absolute atomic E-state index is 0.00367. The molecule has 4 nitrogen and oxygen atoms in total. The zero-order valence-electron chi connectivity index (χ0n) is 8.03. The summed E-state index contributed by atoms with van der Waals surface area (Å²) in [6, 6.07) is 7.16. The number of amides is 1. The van der Waals surface area contributed by atoms with Crippen molar-refractivity contribution < 1.29 is 4.79 Å². The number of carbonyl (C=O) groups is 1. The fraction of sp³-hybridized carbons (Fsp3) is 0.100. The van der Waals surface area contributed by atoms with Gasteiger partial charge in [-0.1, -0.05) is 23.7 Å². The fourth-order valence-electron chi connectivity index (χ4n) is 0.962. The Morgan fingerprint density at radius 1 is 1.40 bits per heavy atom. The molecule has 0 aliphatic carbocycles. The lowest BCUT2D eigenvalue weighted by Gasteiger charge is -2.04. The Morgan fingerprint density at radius 2 is 2.00 bits per heavy atom. The highest BCUT2D eigenvalue weighted by molar-refractivity contribution is 6.30. The van der Waals surface area contributed by atoms with Gasteiger partial charge in [0.15, 0.2) is 0 Å². The topological polar surface area (TPSA) is 81.1 Å². The van der Waals surface area contributed by atoms with Crippen molar-refractivity contribution in [3.8, 4) is 0 Å². The SMILES string of the molecule is N/C=C(/N)C(=O)NCc1ccc(Cl)cc1. The number of benzene rings is 1. The van der Waals surface area contributed by atoms with E-state index in [0.717, 1.165) is 11.8 Å². The molecule has 0 saturated carbocycles. The molecule has 0 aliphatic heterocycles. The van der Waals surface area contributed by atoms with E-state index in [1.807, 2.05) is 12.1 Å². The number of hydrogen-bond acceptors (Lipinski definition) is 3. The lowest BCUT2D eigenvalue weighted by atomic mass is 10.2. The molecule has 0 atom stereocenters. The molecule has 0 fully saturated rings. The number of nitrogens with one attached hydrogen (secondary N) is 1. The van der Waals surface area contributed by atoms with Crippen LogP contribution in [0.5, 0.6) is 0 Å². The molecule has 1 rings (SSSR count). The summed E-state index contributed by atoms with van der Waals surface area (Å²) in [5.74, 6) is -0.382. The summed E-state index contributed by atoms with van der Waals surface area (Å²) in [4.78, 5) is 11.2. The largest absolute Gasteiger partial charge is 0.403 e. The zero-order valence-corrected chi connectivity index (χ0v) is 8.79. The van der Waals surface area contributed by atoms with E-state index < -0.39 is 0 Å². The molecule has 1 aromatic carbocycles. The van der Waals surface area contributed by atoms with Gasteiger partial charge in [0, 0.05) is 17.8 Å². The Bertz CT molecular complexity index is 373. The Balaban J connectivity index is 2.51. The van der Waals surface area contributed by atoms with Crippen molar-refractivity contribution in [2.75, 3.05) is 0 Å². The van der Waals surface area contributed by atoms with Crippen molar-refractivity contribution in [2.24, 2.45) is 11.5 Å². The maximum atomic E-state index is 11.2. The van der Waals surface area contributed by atoms with Crippen molar-refractivity contribution >= 4 is 17.5 Å². The zero-order chi connectivity index (χ0) is 11.3. The van der Waals surface area contributed by atoms with Crippen LogP contribution >= 0.6 is 11.6 Å². The molecule has 80 valence electrons. The number of nitrogens with two attached hydrogens (primary N) is 2. The van der Waals surface area contributed by atoms with Crippen LogP contribution in [-0.4, -0.2) is 5.91 Å². The van der Waals surface area contributed by atoms with Crippen LogP contribution in [0.2, 0.25) is 5.02 Å². The average Bonchev–Trinajstić information content (AvgIpc) is 2.26. The minimum Gasteiger partial charge on any atom is -0.403 e. The molecular weight excluding hydrogens is 214 g/mol. The number of hydrogen-bond donors (Lipinski definition) is 3. The summed E-state index contributed by atoms with van der Waals surface area (Å²) in [6.45, 7) is 0.393. The quantitative estimate of drug-likeness (QED) is 0.663. The smallest absolute Gasteiger partial charge is 0.268 e. The molecule has 5 N–H and O–H groups in total. The molecular formula is C10H12ClN3O. The van der Waals surface area contributed by atoms with Gasteiger partial charge < -0.3 is 16.8 Å². The van der Waals surface area contributed by atoms with Gasteiger partial charge in [-0.2, -0.15) is 0 Å². The second-order valence-electron chi connectivity index (χ2n) is 2.93. The lowest BCUT2D eigenvalue weighted by Crippen LogP contribution is -2.28. The van der Waals surface area contributed by atoms with Crippen molar-refractivity contribution in [2.45, 2.75) is 6.54 Å². The van der Waals surface area contributed by atoms with Crippen LogP contribution in [0.4, 0.5) is 0 Å². The van der Waals surface area contributed by atoms with E-state index in [4.69, 9.17) is 23.1 Å². The van der Waals surface area contributed by atoms with Gasteiger partial charge in [-0.3, -0.25) is 4.79 Å². The Morgan fingerprint density at radius 3 is 2.53 bits per heavy atom. The highest BCUT2D eigenvalue weighted by Gasteiger charge is 2.03. The molecule has 0 unspecified atom stereocenters. The summed E-state index contributed by atoms with van der Waals surface area (Å²) in [7, 11) is 0. The van der Waals surface area contributed by atoms with Crippen LogP contribution in [0.3, 0.4) is 0 Å². The van der Waals surface area contributed by atoms with Crippen LogP contribution in [-0.2, 0) is 11.3 Å². The number of halogens is 1. The Labute approximate surface area is 92.9 Å². The highest BCUT2D eigenvalue weighted by Crippen LogP contribution is 2.09. The second kappa shape index (κ2) is 5.26. The van der Waals surface area contributed by atoms with Crippen molar-refractivity contribution in [3.05, 3.63) is 46.7 Å². The molecule has 0 bridgehead atoms. The van der Waals surface area contributed by atoms with Crippen LogP contribution in [0, 0.1) is 0 Å². The molecule has 0 aliphatic rings. The summed E-state index contributed by atoms with van der Waals surface area (Å²) < 4.78 is 0. The normalized spacial score (nSPS) is 11.1. The van der Waals surface area contributed by atoms with E-state index in [0.29, 0.717) is 11.6 Å². The third-order valence-corrected chi connectivity index (χ3v) is 2.06. The van der Waals surface area contributed by atoms with E-state index in [-0.39, 0.29) is 11.6 Å². The predicted octanol–water partition coefficient (Wildman–Crippen LogP) is 0.715. The van der Waals surface area contributed by atoms with Crippen molar-refractivity contribution in [1.29, 1.82) is 0 Å². The first-order chi connectivity index (χ1) is 7.13. The lowest BCUT2D eigenvalue weighted by molar-refractivity contribution is -0.117. The van der Waals surface area contributed by atoms with Crippen LogP contribution in [0.15, 0.2) is 36.2 Å². The van der Waals surface area contributed by atoms with E-state index in [1.165, 1.54) is 0 Å². The van der Waals surface area contributed by atoms with Gasteiger partial charge in [-0.05, 0) is 17.7 Å². The number of carbonyl (C=O) groups excluding carboxylic acids is 1. The van der Waals surface area contributed by atoms with Gasteiger partial charge in [0.1, 0.15) is 5.70 Å². The van der Waals surface area contributed by atoms with Gasteiger partial charge in [0.25, 0.3) is 5.91 Å². The molecule has 0 radical (unpaired) electrons. The van der Waals surface area contributed by atoms with E-state index >= 15 is 0 Å². The molecule has 0 heterocycles. The third kappa shape index (κ3) is 3.52. The molecule has 0 aromatic heterocycles. The first-order valence-corrected chi connectivity index (χ1v) is 4.71. The maximum absolute atomic E-state index is 11.2. The molecule has 0 saturated heterocycles. The number of rotatable bonds is 3. The highest BCUT2D eigenvalue weighted by atomic mass is 35.5. The molecule has 1 aromatic rings.